The standard InChI is InChI=1S/C23H20N6O3/c1-13-8-9-15(12-24)10-18(13)32-21-19-20(26-14(2)25-19)27-23(28-21)31-17-7-5-6-16(11-17)22(30)29(3)4/h5-11H,1-4H3,(H,25,26,27,28). The molecular weight excluding hydrogens is 408 g/mol. The quantitative estimate of drug-likeness (QED) is 0.508. The maximum absolute atomic E-state index is 12.3. The molecule has 0 saturated heterocycles. The average molecular weight is 428 g/mol. The van der Waals surface area contributed by atoms with E-state index in [1.807, 2.05) is 6.92 Å². The van der Waals surface area contributed by atoms with Crippen molar-refractivity contribution in [1.29, 1.82) is 5.26 Å². The third-order valence-corrected chi connectivity index (χ3v) is 4.63. The van der Waals surface area contributed by atoms with Crippen LogP contribution in [0.5, 0.6) is 23.4 Å². The van der Waals surface area contributed by atoms with Crippen LogP contribution in [0.2, 0.25) is 0 Å². The predicted octanol–water partition coefficient (Wildman–Crippen LogP) is 4.13. The SMILES string of the molecule is Cc1nc2c(Oc3cc(C#N)ccc3C)nc(Oc3cccc(C(=O)N(C)C)c3)nc2[nH]1. The molecule has 4 aromatic rings. The molecule has 0 unspecified atom stereocenters. The van der Waals surface area contributed by atoms with Gasteiger partial charge in [-0.25, -0.2) is 4.98 Å². The molecule has 2 heterocycles. The first-order valence-corrected chi connectivity index (χ1v) is 9.76. The second-order valence-electron chi connectivity index (χ2n) is 7.35. The van der Waals surface area contributed by atoms with Gasteiger partial charge in [0.25, 0.3) is 11.8 Å². The molecule has 0 saturated carbocycles. The zero-order chi connectivity index (χ0) is 22.8. The van der Waals surface area contributed by atoms with Crippen LogP contribution in [0.4, 0.5) is 0 Å². The van der Waals surface area contributed by atoms with Crippen LogP contribution in [-0.2, 0) is 0 Å². The Hall–Kier alpha value is -4.45. The molecule has 1 amide bonds. The van der Waals surface area contributed by atoms with Crippen molar-refractivity contribution in [2.24, 2.45) is 0 Å². The molecule has 0 fully saturated rings. The van der Waals surface area contributed by atoms with Gasteiger partial charge in [0.05, 0.1) is 11.6 Å². The number of amides is 1. The van der Waals surface area contributed by atoms with Gasteiger partial charge in [-0.2, -0.15) is 15.2 Å². The number of carbonyl (C=O) groups excluding carboxylic acids is 1. The maximum Gasteiger partial charge on any atom is 0.327 e. The van der Waals surface area contributed by atoms with E-state index in [9.17, 15) is 10.1 Å². The third-order valence-electron chi connectivity index (χ3n) is 4.63. The van der Waals surface area contributed by atoms with Gasteiger partial charge in [0, 0.05) is 19.7 Å². The highest BCUT2D eigenvalue weighted by Gasteiger charge is 2.17. The van der Waals surface area contributed by atoms with Crippen LogP contribution in [0.1, 0.15) is 27.3 Å². The molecule has 1 N–H and O–H groups in total. The Morgan fingerprint density at radius 2 is 1.88 bits per heavy atom. The smallest absolute Gasteiger partial charge is 0.327 e. The Labute approximate surface area is 184 Å². The molecule has 0 aliphatic heterocycles. The van der Waals surface area contributed by atoms with Gasteiger partial charge in [0.1, 0.15) is 17.3 Å². The number of aromatic amines is 1. The van der Waals surface area contributed by atoms with Gasteiger partial charge >= 0.3 is 6.01 Å². The van der Waals surface area contributed by atoms with Crippen LogP contribution >= 0.6 is 0 Å². The lowest BCUT2D eigenvalue weighted by molar-refractivity contribution is 0.0827. The van der Waals surface area contributed by atoms with Gasteiger partial charge in [0.2, 0.25) is 0 Å². The summed E-state index contributed by atoms with van der Waals surface area (Å²) in [5.74, 6) is 1.56. The van der Waals surface area contributed by atoms with E-state index in [4.69, 9.17) is 9.47 Å². The Morgan fingerprint density at radius 3 is 2.62 bits per heavy atom. The number of nitrogens with one attached hydrogen (secondary N) is 1. The van der Waals surface area contributed by atoms with Crippen LogP contribution in [-0.4, -0.2) is 44.8 Å². The molecule has 2 aromatic carbocycles. The second-order valence-corrected chi connectivity index (χ2v) is 7.35. The summed E-state index contributed by atoms with van der Waals surface area (Å²) in [6.45, 7) is 3.67. The molecule has 0 aliphatic rings. The first-order chi connectivity index (χ1) is 15.3. The van der Waals surface area contributed by atoms with Crippen molar-refractivity contribution >= 4 is 17.1 Å². The number of hydrogen-bond acceptors (Lipinski definition) is 7. The van der Waals surface area contributed by atoms with Crippen molar-refractivity contribution < 1.29 is 14.3 Å². The first-order valence-electron chi connectivity index (χ1n) is 9.76. The summed E-state index contributed by atoms with van der Waals surface area (Å²) >= 11 is 0. The number of H-pyrrole nitrogens is 1. The van der Waals surface area contributed by atoms with E-state index in [0.29, 0.717) is 39.6 Å². The summed E-state index contributed by atoms with van der Waals surface area (Å²) in [7, 11) is 3.36. The lowest BCUT2D eigenvalue weighted by Crippen LogP contribution is -2.21. The number of aryl methyl sites for hydroxylation is 2. The number of carbonyl (C=O) groups is 1. The topological polar surface area (TPSA) is 117 Å². The molecule has 9 nitrogen and oxygen atoms in total. The van der Waals surface area contributed by atoms with Crippen molar-refractivity contribution in [1.82, 2.24) is 24.8 Å². The van der Waals surface area contributed by atoms with E-state index >= 15 is 0 Å². The average Bonchev–Trinajstić information content (AvgIpc) is 3.15. The van der Waals surface area contributed by atoms with Gasteiger partial charge in [-0.15, -0.1) is 0 Å². The number of fused-ring (bicyclic) bond motifs is 1. The van der Waals surface area contributed by atoms with E-state index in [2.05, 4.69) is 26.0 Å². The maximum atomic E-state index is 12.3. The fourth-order valence-electron chi connectivity index (χ4n) is 3.03. The van der Waals surface area contributed by atoms with E-state index in [1.165, 1.54) is 4.90 Å². The molecule has 2 aromatic heterocycles. The fraction of sp³-hybridized carbons (Fsp3) is 0.174. The minimum absolute atomic E-state index is 0.0275. The van der Waals surface area contributed by atoms with Crippen molar-refractivity contribution in [3.63, 3.8) is 0 Å². The second kappa shape index (κ2) is 8.35. The zero-order valence-corrected chi connectivity index (χ0v) is 18.0. The summed E-state index contributed by atoms with van der Waals surface area (Å²) in [4.78, 5) is 30.0. The lowest BCUT2D eigenvalue weighted by atomic mass is 10.1. The summed E-state index contributed by atoms with van der Waals surface area (Å²) in [5.41, 5.74) is 2.66. The third kappa shape index (κ3) is 4.20. The van der Waals surface area contributed by atoms with Crippen LogP contribution in [0, 0.1) is 25.2 Å². The molecule has 0 radical (unpaired) electrons. The number of ether oxygens (including phenoxy) is 2. The van der Waals surface area contributed by atoms with Crippen LogP contribution in [0.15, 0.2) is 42.5 Å². The predicted molar refractivity (Wildman–Crippen MR) is 117 cm³/mol. The Kier molecular flexibility index (Phi) is 5.43. The number of benzene rings is 2. The number of rotatable bonds is 5. The molecule has 0 spiro atoms. The van der Waals surface area contributed by atoms with Crippen LogP contribution < -0.4 is 9.47 Å². The lowest BCUT2D eigenvalue weighted by Gasteiger charge is -2.12. The highest BCUT2D eigenvalue weighted by molar-refractivity contribution is 5.94. The Bertz CT molecular complexity index is 1370. The van der Waals surface area contributed by atoms with Crippen molar-refractivity contribution in [3.8, 4) is 29.5 Å². The molecule has 0 atom stereocenters. The van der Waals surface area contributed by atoms with E-state index in [-0.39, 0.29) is 17.8 Å². The number of aromatic nitrogens is 4. The molecule has 4 rings (SSSR count). The summed E-state index contributed by atoms with van der Waals surface area (Å²) in [6.07, 6.45) is 0. The first kappa shape index (κ1) is 20.8. The van der Waals surface area contributed by atoms with Crippen molar-refractivity contribution in [2.75, 3.05) is 14.1 Å². The highest BCUT2D eigenvalue weighted by atomic mass is 16.5. The summed E-state index contributed by atoms with van der Waals surface area (Å²) in [5, 5.41) is 9.20. The van der Waals surface area contributed by atoms with Gasteiger partial charge in [-0.05, 0) is 49.7 Å². The Morgan fingerprint density at radius 1 is 1.06 bits per heavy atom. The number of nitriles is 1. The van der Waals surface area contributed by atoms with Crippen molar-refractivity contribution in [3.05, 3.63) is 65.0 Å². The molecule has 160 valence electrons. The minimum atomic E-state index is -0.145. The van der Waals surface area contributed by atoms with Gasteiger partial charge in [-0.3, -0.25) is 4.79 Å². The fourth-order valence-corrected chi connectivity index (χ4v) is 3.03. The van der Waals surface area contributed by atoms with E-state index in [1.54, 1.807) is 63.5 Å². The number of hydrogen-bond donors (Lipinski definition) is 1. The minimum Gasteiger partial charge on any atom is -0.436 e. The summed E-state index contributed by atoms with van der Waals surface area (Å²) in [6, 6.07) is 14.0. The number of imidazole rings is 1. The van der Waals surface area contributed by atoms with Crippen molar-refractivity contribution in [2.45, 2.75) is 13.8 Å². The normalized spacial score (nSPS) is 10.6. The van der Waals surface area contributed by atoms with E-state index < -0.39 is 0 Å². The largest absolute Gasteiger partial charge is 0.436 e. The highest BCUT2D eigenvalue weighted by Crippen LogP contribution is 2.31. The van der Waals surface area contributed by atoms with Crippen LogP contribution in [0.25, 0.3) is 11.2 Å². The molecule has 0 bridgehead atoms. The Balaban J connectivity index is 1.73. The van der Waals surface area contributed by atoms with Crippen LogP contribution in [0.3, 0.4) is 0 Å². The van der Waals surface area contributed by atoms with Gasteiger partial charge < -0.3 is 19.4 Å². The van der Waals surface area contributed by atoms with Gasteiger partial charge in [-0.1, -0.05) is 12.1 Å². The monoisotopic (exact) mass is 428 g/mol. The number of nitrogens with zero attached hydrogens (tertiary/aromatic N) is 5. The molecule has 0 aliphatic carbocycles. The molecule has 9 heteroatoms. The summed E-state index contributed by atoms with van der Waals surface area (Å²) < 4.78 is 11.9. The zero-order valence-electron chi connectivity index (χ0n) is 18.0. The van der Waals surface area contributed by atoms with Gasteiger partial charge in [0.15, 0.2) is 11.2 Å². The van der Waals surface area contributed by atoms with E-state index in [0.717, 1.165) is 5.56 Å². The molecular formula is C23H20N6O3. The molecule has 32 heavy (non-hydrogen) atoms.